The molecule has 1 heterocycles. The first-order chi connectivity index (χ1) is 11.2. The van der Waals surface area contributed by atoms with Gasteiger partial charge in [-0.3, -0.25) is 9.59 Å². The van der Waals surface area contributed by atoms with Gasteiger partial charge in [0.15, 0.2) is 0 Å². The standard InChI is InChI=1S/C17H18N4O2/c18-8-4-10-20(11-5-9-19)17(23)14-12-16(22)21(13-14)15-6-2-1-3-7-15/h1-3,6-7,14H,4-5,10-13H2/t14-/m1/s1. The number of benzene rings is 1. The van der Waals surface area contributed by atoms with E-state index in [9.17, 15) is 9.59 Å². The minimum Gasteiger partial charge on any atom is -0.340 e. The molecule has 1 aromatic carbocycles. The van der Waals surface area contributed by atoms with Crippen molar-refractivity contribution in [3.63, 3.8) is 0 Å². The summed E-state index contributed by atoms with van der Waals surface area (Å²) in [5.41, 5.74) is 0.786. The fourth-order valence-corrected chi connectivity index (χ4v) is 2.69. The lowest BCUT2D eigenvalue weighted by molar-refractivity contribution is -0.135. The normalized spacial score (nSPS) is 16.7. The van der Waals surface area contributed by atoms with Gasteiger partial charge in [-0.2, -0.15) is 10.5 Å². The van der Waals surface area contributed by atoms with Crippen LogP contribution < -0.4 is 4.90 Å². The zero-order chi connectivity index (χ0) is 16.7. The topological polar surface area (TPSA) is 88.2 Å². The molecule has 0 spiro atoms. The molecule has 0 aliphatic carbocycles. The summed E-state index contributed by atoms with van der Waals surface area (Å²) in [5.74, 6) is -0.641. The Bertz CT molecular complexity index is 627. The van der Waals surface area contributed by atoms with E-state index >= 15 is 0 Å². The van der Waals surface area contributed by atoms with Crippen molar-refractivity contribution in [3.8, 4) is 12.1 Å². The summed E-state index contributed by atoms with van der Waals surface area (Å²) in [5, 5.41) is 17.4. The van der Waals surface area contributed by atoms with Crippen LogP contribution in [0.25, 0.3) is 0 Å². The third-order valence-corrected chi connectivity index (χ3v) is 3.84. The Kier molecular flexibility index (Phi) is 5.71. The van der Waals surface area contributed by atoms with E-state index in [0.29, 0.717) is 19.6 Å². The number of hydrogen-bond acceptors (Lipinski definition) is 4. The van der Waals surface area contributed by atoms with Crippen molar-refractivity contribution in [1.29, 1.82) is 10.5 Å². The van der Waals surface area contributed by atoms with E-state index in [1.54, 1.807) is 4.90 Å². The molecule has 2 rings (SSSR count). The maximum atomic E-state index is 12.6. The number of carbonyl (C=O) groups excluding carboxylic acids is 2. The fraction of sp³-hybridized carbons (Fsp3) is 0.412. The van der Waals surface area contributed by atoms with E-state index in [0.717, 1.165) is 5.69 Å². The van der Waals surface area contributed by atoms with Gasteiger partial charge in [0.25, 0.3) is 0 Å². The second kappa shape index (κ2) is 7.95. The molecule has 1 aliphatic heterocycles. The Balaban J connectivity index is 2.06. The van der Waals surface area contributed by atoms with E-state index < -0.39 is 5.92 Å². The highest BCUT2D eigenvalue weighted by atomic mass is 16.2. The van der Waals surface area contributed by atoms with Gasteiger partial charge >= 0.3 is 0 Å². The Labute approximate surface area is 135 Å². The number of nitrogens with zero attached hydrogens (tertiary/aromatic N) is 4. The zero-order valence-corrected chi connectivity index (χ0v) is 12.8. The first-order valence-corrected chi connectivity index (χ1v) is 7.55. The minimum atomic E-state index is -0.417. The molecule has 0 radical (unpaired) electrons. The lowest BCUT2D eigenvalue weighted by Crippen LogP contribution is -2.38. The van der Waals surface area contributed by atoms with Gasteiger partial charge in [-0.15, -0.1) is 0 Å². The van der Waals surface area contributed by atoms with E-state index in [1.807, 2.05) is 42.5 Å². The molecule has 1 atom stereocenters. The van der Waals surface area contributed by atoms with Crippen LogP contribution in [-0.4, -0.2) is 36.3 Å². The number of carbonyl (C=O) groups is 2. The first-order valence-electron chi connectivity index (χ1n) is 7.55. The molecule has 0 unspecified atom stereocenters. The molecule has 1 aromatic rings. The maximum Gasteiger partial charge on any atom is 0.228 e. The van der Waals surface area contributed by atoms with Crippen LogP contribution in [0.5, 0.6) is 0 Å². The molecule has 0 N–H and O–H groups in total. The Morgan fingerprint density at radius 2 is 1.78 bits per heavy atom. The predicted octanol–water partition coefficient (Wildman–Crippen LogP) is 1.70. The van der Waals surface area contributed by atoms with E-state index in [2.05, 4.69) is 0 Å². The van der Waals surface area contributed by atoms with Gasteiger partial charge in [0.2, 0.25) is 11.8 Å². The average molecular weight is 310 g/mol. The molecule has 0 bridgehead atoms. The number of anilines is 1. The molecular weight excluding hydrogens is 292 g/mol. The van der Waals surface area contributed by atoms with E-state index in [4.69, 9.17) is 10.5 Å². The van der Waals surface area contributed by atoms with Crippen molar-refractivity contribution in [2.75, 3.05) is 24.5 Å². The Morgan fingerprint density at radius 3 is 2.35 bits per heavy atom. The third-order valence-electron chi connectivity index (χ3n) is 3.84. The van der Waals surface area contributed by atoms with Gasteiger partial charge in [-0.25, -0.2) is 0 Å². The highest BCUT2D eigenvalue weighted by molar-refractivity contribution is 6.00. The van der Waals surface area contributed by atoms with Crippen LogP contribution in [0.15, 0.2) is 30.3 Å². The Hall–Kier alpha value is -2.86. The molecule has 1 fully saturated rings. The molecule has 0 saturated carbocycles. The fourth-order valence-electron chi connectivity index (χ4n) is 2.69. The summed E-state index contributed by atoms with van der Waals surface area (Å²) in [6, 6.07) is 13.3. The van der Waals surface area contributed by atoms with Crippen LogP contribution in [0, 0.1) is 28.6 Å². The molecule has 1 aliphatic rings. The monoisotopic (exact) mass is 310 g/mol. The molecule has 118 valence electrons. The van der Waals surface area contributed by atoms with Crippen molar-refractivity contribution < 1.29 is 9.59 Å². The summed E-state index contributed by atoms with van der Waals surface area (Å²) in [7, 11) is 0. The quantitative estimate of drug-likeness (QED) is 0.800. The molecule has 6 heteroatoms. The molecule has 1 saturated heterocycles. The van der Waals surface area contributed by atoms with E-state index in [1.165, 1.54) is 4.90 Å². The predicted molar refractivity (Wildman–Crippen MR) is 83.9 cm³/mol. The van der Waals surface area contributed by atoms with Gasteiger partial charge in [-0.05, 0) is 12.1 Å². The Morgan fingerprint density at radius 1 is 1.17 bits per heavy atom. The summed E-state index contributed by atoms with van der Waals surface area (Å²) in [4.78, 5) is 27.9. The summed E-state index contributed by atoms with van der Waals surface area (Å²) in [6.07, 6.45) is 0.615. The van der Waals surface area contributed by atoms with Gasteiger partial charge in [0.1, 0.15) is 0 Å². The largest absolute Gasteiger partial charge is 0.340 e. The SMILES string of the molecule is N#CCCN(CCC#N)C(=O)[C@@H]1CC(=O)N(c2ccccc2)C1. The lowest BCUT2D eigenvalue weighted by atomic mass is 10.1. The van der Waals surface area contributed by atoms with Gasteiger partial charge in [0, 0.05) is 31.7 Å². The van der Waals surface area contributed by atoms with E-state index in [-0.39, 0.29) is 31.1 Å². The van der Waals surface area contributed by atoms with Crippen LogP contribution in [0.3, 0.4) is 0 Å². The van der Waals surface area contributed by atoms with Crippen molar-refractivity contribution in [2.24, 2.45) is 5.92 Å². The molecular formula is C17H18N4O2. The van der Waals surface area contributed by atoms with Crippen LogP contribution in [0.4, 0.5) is 5.69 Å². The highest BCUT2D eigenvalue weighted by Gasteiger charge is 2.36. The van der Waals surface area contributed by atoms with Crippen molar-refractivity contribution >= 4 is 17.5 Å². The van der Waals surface area contributed by atoms with Crippen LogP contribution >= 0.6 is 0 Å². The van der Waals surface area contributed by atoms with Crippen molar-refractivity contribution in [1.82, 2.24) is 4.90 Å². The molecule has 23 heavy (non-hydrogen) atoms. The van der Waals surface area contributed by atoms with Crippen LogP contribution in [-0.2, 0) is 9.59 Å². The maximum absolute atomic E-state index is 12.6. The number of para-hydroxylation sites is 1. The number of hydrogen-bond donors (Lipinski definition) is 0. The van der Waals surface area contributed by atoms with Gasteiger partial charge in [-0.1, -0.05) is 18.2 Å². The molecule has 6 nitrogen and oxygen atoms in total. The number of nitriles is 2. The first kappa shape index (κ1) is 16.5. The second-order valence-electron chi connectivity index (χ2n) is 5.38. The van der Waals surface area contributed by atoms with Crippen LogP contribution in [0.1, 0.15) is 19.3 Å². The summed E-state index contributed by atoms with van der Waals surface area (Å²) in [6.45, 7) is 0.942. The molecule has 2 amide bonds. The van der Waals surface area contributed by atoms with Crippen molar-refractivity contribution in [2.45, 2.75) is 19.3 Å². The third kappa shape index (κ3) is 4.08. The summed E-state index contributed by atoms with van der Waals surface area (Å²) >= 11 is 0. The highest BCUT2D eigenvalue weighted by Crippen LogP contribution is 2.26. The summed E-state index contributed by atoms with van der Waals surface area (Å²) < 4.78 is 0. The molecule has 0 aromatic heterocycles. The zero-order valence-electron chi connectivity index (χ0n) is 12.8. The van der Waals surface area contributed by atoms with Crippen LogP contribution in [0.2, 0.25) is 0 Å². The number of amides is 2. The smallest absolute Gasteiger partial charge is 0.228 e. The number of rotatable bonds is 6. The van der Waals surface area contributed by atoms with Crippen molar-refractivity contribution in [3.05, 3.63) is 30.3 Å². The average Bonchev–Trinajstić information content (AvgIpc) is 2.97. The minimum absolute atomic E-state index is 0.0740. The van der Waals surface area contributed by atoms with Gasteiger partial charge in [0.05, 0.1) is 30.9 Å². The van der Waals surface area contributed by atoms with Gasteiger partial charge < -0.3 is 9.80 Å². The second-order valence-corrected chi connectivity index (χ2v) is 5.38. The lowest BCUT2D eigenvalue weighted by Gasteiger charge is -2.24.